The van der Waals surface area contributed by atoms with Crippen LogP contribution in [0.5, 0.6) is 5.75 Å². The summed E-state index contributed by atoms with van der Waals surface area (Å²) in [5.41, 5.74) is 1.66. The van der Waals surface area contributed by atoms with Crippen molar-refractivity contribution in [3.05, 3.63) is 23.8 Å². The van der Waals surface area contributed by atoms with Crippen LogP contribution in [0.25, 0.3) is 0 Å². The third kappa shape index (κ3) is 3.11. The maximum atomic E-state index is 9.82. The molecule has 0 aliphatic rings. The first-order valence-corrected chi connectivity index (χ1v) is 5.54. The van der Waals surface area contributed by atoms with Crippen molar-refractivity contribution in [2.45, 2.75) is 19.4 Å². The lowest BCUT2D eigenvalue weighted by Crippen LogP contribution is -2.20. The Morgan fingerprint density at radius 1 is 1.53 bits per heavy atom. The molecule has 1 aromatic rings. The second-order valence-electron chi connectivity index (χ2n) is 3.90. The Morgan fingerprint density at radius 3 is 2.76 bits per heavy atom. The molecule has 4 nitrogen and oxygen atoms in total. The van der Waals surface area contributed by atoms with E-state index in [4.69, 9.17) is 10.00 Å². The highest BCUT2D eigenvalue weighted by Gasteiger charge is 2.16. The number of hydrogen-bond donors (Lipinski definition) is 1. The van der Waals surface area contributed by atoms with Gasteiger partial charge in [0.1, 0.15) is 5.75 Å². The number of nitrogens with zero attached hydrogens (tertiary/aromatic N) is 2. The molecule has 1 N–H and O–H groups in total. The standard InChI is InChI=1S/C13H18N2O2/c1-10(16)13-11(15(2)9-5-8-14)6-4-7-12(13)17-3/h4,6-7,10,16H,5,9H2,1-3H3/t10-/m1/s1. The van der Waals surface area contributed by atoms with Crippen LogP contribution in [0.2, 0.25) is 0 Å². The fourth-order valence-corrected chi connectivity index (χ4v) is 1.80. The summed E-state index contributed by atoms with van der Waals surface area (Å²) in [5.74, 6) is 0.668. The number of hydrogen-bond acceptors (Lipinski definition) is 4. The lowest BCUT2D eigenvalue weighted by molar-refractivity contribution is 0.194. The molecule has 0 saturated heterocycles. The first-order valence-electron chi connectivity index (χ1n) is 5.54. The summed E-state index contributed by atoms with van der Waals surface area (Å²) in [6, 6.07) is 7.73. The maximum absolute atomic E-state index is 9.82. The van der Waals surface area contributed by atoms with E-state index in [1.54, 1.807) is 14.0 Å². The zero-order chi connectivity index (χ0) is 12.8. The Labute approximate surface area is 102 Å². The number of rotatable bonds is 5. The van der Waals surface area contributed by atoms with Gasteiger partial charge >= 0.3 is 0 Å². The molecule has 0 fully saturated rings. The number of ether oxygens (including phenoxy) is 1. The number of anilines is 1. The fourth-order valence-electron chi connectivity index (χ4n) is 1.80. The predicted octanol–water partition coefficient (Wildman–Crippen LogP) is 2.10. The van der Waals surface area contributed by atoms with Crippen molar-refractivity contribution in [3.63, 3.8) is 0 Å². The highest BCUT2D eigenvalue weighted by molar-refractivity contribution is 5.60. The van der Waals surface area contributed by atoms with Gasteiger partial charge in [-0.3, -0.25) is 0 Å². The topological polar surface area (TPSA) is 56.5 Å². The zero-order valence-corrected chi connectivity index (χ0v) is 10.5. The molecule has 1 atom stereocenters. The number of aliphatic hydroxyl groups is 1. The Morgan fingerprint density at radius 2 is 2.24 bits per heavy atom. The molecule has 0 aliphatic carbocycles. The van der Waals surface area contributed by atoms with Crippen molar-refractivity contribution in [2.24, 2.45) is 0 Å². The van der Waals surface area contributed by atoms with Gasteiger partial charge < -0.3 is 14.7 Å². The Balaban J connectivity index is 3.10. The summed E-state index contributed by atoms with van der Waals surface area (Å²) in [5, 5.41) is 18.4. The molecule has 92 valence electrons. The fraction of sp³-hybridized carbons (Fsp3) is 0.462. The van der Waals surface area contributed by atoms with E-state index < -0.39 is 6.10 Å². The van der Waals surface area contributed by atoms with Gasteiger partial charge in [0.05, 0.1) is 25.7 Å². The molecule has 0 heterocycles. The highest BCUT2D eigenvalue weighted by Crippen LogP contribution is 2.33. The van der Waals surface area contributed by atoms with E-state index >= 15 is 0 Å². The molecule has 0 spiro atoms. The van der Waals surface area contributed by atoms with Gasteiger partial charge in [0.2, 0.25) is 0 Å². The molecule has 1 rings (SSSR count). The van der Waals surface area contributed by atoms with E-state index in [0.717, 1.165) is 11.3 Å². The van der Waals surface area contributed by atoms with Gasteiger partial charge in [-0.25, -0.2) is 0 Å². The molecule has 1 aromatic carbocycles. The summed E-state index contributed by atoms with van der Waals surface area (Å²) in [6.07, 6.45) is -0.154. The Hall–Kier alpha value is -1.73. The molecule has 0 radical (unpaired) electrons. The molecule has 0 aliphatic heterocycles. The van der Waals surface area contributed by atoms with Crippen LogP contribution in [-0.2, 0) is 0 Å². The second kappa shape index (κ2) is 6.12. The van der Waals surface area contributed by atoms with E-state index in [1.807, 2.05) is 30.1 Å². The summed E-state index contributed by atoms with van der Waals surface area (Å²) in [6.45, 7) is 2.34. The number of nitriles is 1. The van der Waals surface area contributed by atoms with Crippen molar-refractivity contribution < 1.29 is 9.84 Å². The molecule has 4 heteroatoms. The smallest absolute Gasteiger partial charge is 0.126 e. The summed E-state index contributed by atoms with van der Waals surface area (Å²) in [4.78, 5) is 1.95. The maximum Gasteiger partial charge on any atom is 0.126 e. The molecule has 0 amide bonds. The molecular weight excluding hydrogens is 216 g/mol. The van der Waals surface area contributed by atoms with Crippen LogP contribution in [0.3, 0.4) is 0 Å². The SMILES string of the molecule is COc1cccc(N(C)CCC#N)c1[C@@H](C)O. The molecule has 17 heavy (non-hydrogen) atoms. The van der Waals surface area contributed by atoms with Gasteiger partial charge in [-0.05, 0) is 19.1 Å². The van der Waals surface area contributed by atoms with E-state index in [-0.39, 0.29) is 0 Å². The number of methoxy groups -OCH3 is 1. The van der Waals surface area contributed by atoms with Gasteiger partial charge in [0.15, 0.2) is 0 Å². The van der Waals surface area contributed by atoms with E-state index in [2.05, 4.69) is 6.07 Å². The summed E-state index contributed by atoms with van der Waals surface area (Å²) < 4.78 is 5.25. The highest BCUT2D eigenvalue weighted by atomic mass is 16.5. The first kappa shape index (κ1) is 13.3. The molecule has 0 aromatic heterocycles. The normalized spacial score (nSPS) is 11.7. The van der Waals surface area contributed by atoms with Gasteiger partial charge in [0.25, 0.3) is 0 Å². The monoisotopic (exact) mass is 234 g/mol. The van der Waals surface area contributed by atoms with Crippen LogP contribution < -0.4 is 9.64 Å². The van der Waals surface area contributed by atoms with Crippen molar-refractivity contribution in [2.75, 3.05) is 25.6 Å². The second-order valence-corrected chi connectivity index (χ2v) is 3.90. The summed E-state index contributed by atoms with van der Waals surface area (Å²) >= 11 is 0. The Bertz CT molecular complexity index is 410. The molecule has 0 saturated carbocycles. The summed E-state index contributed by atoms with van der Waals surface area (Å²) in [7, 11) is 3.48. The van der Waals surface area contributed by atoms with Crippen LogP contribution in [0, 0.1) is 11.3 Å². The first-order chi connectivity index (χ1) is 8.11. The third-order valence-corrected chi connectivity index (χ3v) is 2.65. The van der Waals surface area contributed by atoms with Gasteiger partial charge in [-0.15, -0.1) is 0 Å². The average Bonchev–Trinajstić information content (AvgIpc) is 2.34. The zero-order valence-electron chi connectivity index (χ0n) is 10.5. The largest absolute Gasteiger partial charge is 0.496 e. The van der Waals surface area contributed by atoms with E-state index in [0.29, 0.717) is 18.7 Å². The molecular formula is C13H18N2O2. The minimum Gasteiger partial charge on any atom is -0.496 e. The van der Waals surface area contributed by atoms with Crippen LogP contribution in [0.15, 0.2) is 18.2 Å². The minimum atomic E-state index is -0.606. The van der Waals surface area contributed by atoms with Crippen molar-refractivity contribution in [1.82, 2.24) is 0 Å². The van der Waals surface area contributed by atoms with Crippen LogP contribution in [0.4, 0.5) is 5.69 Å². The lowest BCUT2D eigenvalue weighted by atomic mass is 10.1. The predicted molar refractivity (Wildman–Crippen MR) is 67.1 cm³/mol. The lowest BCUT2D eigenvalue weighted by Gasteiger charge is -2.24. The Kier molecular flexibility index (Phi) is 4.80. The quantitative estimate of drug-likeness (QED) is 0.847. The van der Waals surface area contributed by atoms with E-state index in [9.17, 15) is 5.11 Å². The van der Waals surface area contributed by atoms with E-state index in [1.165, 1.54) is 0 Å². The van der Waals surface area contributed by atoms with Crippen molar-refractivity contribution >= 4 is 5.69 Å². The minimum absolute atomic E-state index is 0.451. The van der Waals surface area contributed by atoms with Crippen LogP contribution >= 0.6 is 0 Å². The van der Waals surface area contributed by atoms with Crippen LogP contribution in [0.1, 0.15) is 25.0 Å². The van der Waals surface area contributed by atoms with Gasteiger partial charge in [-0.2, -0.15) is 5.26 Å². The number of benzene rings is 1. The number of aliphatic hydroxyl groups excluding tert-OH is 1. The van der Waals surface area contributed by atoms with Gasteiger partial charge in [0, 0.05) is 24.8 Å². The molecule has 0 bridgehead atoms. The van der Waals surface area contributed by atoms with Gasteiger partial charge in [-0.1, -0.05) is 6.07 Å². The average molecular weight is 234 g/mol. The van der Waals surface area contributed by atoms with Crippen molar-refractivity contribution in [3.8, 4) is 11.8 Å². The molecule has 0 unspecified atom stereocenters. The van der Waals surface area contributed by atoms with Crippen molar-refractivity contribution in [1.29, 1.82) is 5.26 Å². The van der Waals surface area contributed by atoms with Crippen LogP contribution in [-0.4, -0.2) is 25.8 Å². The third-order valence-electron chi connectivity index (χ3n) is 2.65.